The normalized spacial score (nSPS) is 11.0. The van der Waals surface area contributed by atoms with Crippen LogP contribution in [0, 0.1) is 13.8 Å². The lowest BCUT2D eigenvalue weighted by Crippen LogP contribution is -2.15. The Bertz CT molecular complexity index is 1230. The smallest absolute Gasteiger partial charge is 0.234 e. The Kier molecular flexibility index (Phi) is 6.75. The summed E-state index contributed by atoms with van der Waals surface area (Å²) >= 11 is 1.37. The van der Waals surface area contributed by atoms with Gasteiger partial charge < -0.3 is 14.6 Å². The van der Waals surface area contributed by atoms with Crippen molar-refractivity contribution in [2.45, 2.75) is 39.1 Å². The van der Waals surface area contributed by atoms with Crippen molar-refractivity contribution in [2.24, 2.45) is 0 Å². The van der Waals surface area contributed by atoms with Crippen LogP contribution in [0.4, 0.5) is 5.69 Å². The van der Waals surface area contributed by atoms with Crippen LogP contribution in [0.2, 0.25) is 0 Å². The number of carbonyl (C=O) groups excluding carboxylic acids is 1. The first-order chi connectivity index (χ1) is 15.5. The van der Waals surface area contributed by atoms with Gasteiger partial charge in [-0.05, 0) is 55.3 Å². The summed E-state index contributed by atoms with van der Waals surface area (Å²) in [5.41, 5.74) is 3.05. The number of anilines is 1. The third-order valence-corrected chi connectivity index (χ3v) is 6.25. The molecule has 0 spiro atoms. The monoisotopic (exact) mass is 446 g/mol. The van der Waals surface area contributed by atoms with E-state index in [-0.39, 0.29) is 11.7 Å². The lowest BCUT2D eigenvalue weighted by Gasteiger charge is -2.12. The number of hydrogen-bond donors (Lipinski definition) is 1. The highest BCUT2D eigenvalue weighted by atomic mass is 32.2. The minimum Gasteiger partial charge on any atom is -0.485 e. The predicted molar refractivity (Wildman–Crippen MR) is 129 cm³/mol. The van der Waals surface area contributed by atoms with Crippen LogP contribution in [-0.2, 0) is 17.9 Å². The van der Waals surface area contributed by atoms with Crippen molar-refractivity contribution in [3.63, 3.8) is 0 Å². The first-order valence-electron chi connectivity index (χ1n) is 10.6. The van der Waals surface area contributed by atoms with E-state index in [1.165, 1.54) is 22.5 Å². The maximum Gasteiger partial charge on any atom is 0.234 e. The summed E-state index contributed by atoms with van der Waals surface area (Å²) in [6.45, 7) is 7.13. The molecule has 4 aromatic rings. The van der Waals surface area contributed by atoms with Gasteiger partial charge in [0, 0.05) is 12.2 Å². The minimum absolute atomic E-state index is 0.0749. The summed E-state index contributed by atoms with van der Waals surface area (Å²) in [4.78, 5) is 12.3. The van der Waals surface area contributed by atoms with E-state index in [0.29, 0.717) is 18.3 Å². The number of rotatable bonds is 8. The number of benzene rings is 3. The van der Waals surface area contributed by atoms with Gasteiger partial charge in [0.25, 0.3) is 0 Å². The second kappa shape index (κ2) is 9.87. The topological polar surface area (TPSA) is 69.0 Å². The van der Waals surface area contributed by atoms with Crippen LogP contribution in [0.5, 0.6) is 5.75 Å². The summed E-state index contributed by atoms with van der Waals surface area (Å²) in [5, 5.41) is 14.6. The van der Waals surface area contributed by atoms with Crippen molar-refractivity contribution in [1.82, 2.24) is 14.8 Å². The van der Waals surface area contributed by atoms with Gasteiger partial charge in [-0.2, -0.15) is 0 Å². The highest BCUT2D eigenvalue weighted by Gasteiger charge is 2.14. The molecule has 0 aliphatic heterocycles. The molecule has 0 saturated carbocycles. The van der Waals surface area contributed by atoms with Gasteiger partial charge in [-0.1, -0.05) is 59.8 Å². The first-order valence-corrected chi connectivity index (χ1v) is 11.6. The van der Waals surface area contributed by atoms with Gasteiger partial charge in [0.05, 0.1) is 5.75 Å². The molecule has 0 fully saturated rings. The fraction of sp³-hybridized carbons (Fsp3) is 0.240. The molecule has 1 N–H and O–H groups in total. The average molecular weight is 447 g/mol. The number of nitrogens with zero attached hydrogens (tertiary/aromatic N) is 3. The van der Waals surface area contributed by atoms with E-state index in [9.17, 15) is 4.79 Å². The third-order valence-electron chi connectivity index (χ3n) is 5.28. The molecule has 0 aliphatic carbocycles. The van der Waals surface area contributed by atoms with Crippen molar-refractivity contribution in [1.29, 1.82) is 0 Å². The molecule has 7 heteroatoms. The number of thioether (sulfide) groups is 1. The standard InChI is InChI=1S/C25H26N4O2S/c1-4-29-23(15-31-22-14-11-19-7-5-6-8-21(19)18(22)3)27-28-25(29)32-16-24(30)26-20-12-9-17(2)10-13-20/h5-14H,4,15-16H2,1-3H3,(H,26,30). The fourth-order valence-electron chi connectivity index (χ4n) is 3.52. The van der Waals surface area contributed by atoms with E-state index in [2.05, 4.69) is 40.6 Å². The molecule has 1 aromatic heterocycles. The summed E-state index contributed by atoms with van der Waals surface area (Å²) < 4.78 is 8.08. The van der Waals surface area contributed by atoms with Crippen LogP contribution < -0.4 is 10.1 Å². The number of nitrogens with one attached hydrogen (secondary N) is 1. The molecular weight excluding hydrogens is 420 g/mol. The zero-order valence-electron chi connectivity index (χ0n) is 18.5. The average Bonchev–Trinajstić information content (AvgIpc) is 3.21. The minimum atomic E-state index is -0.0749. The third kappa shape index (κ3) is 4.94. The van der Waals surface area contributed by atoms with Crippen LogP contribution in [0.1, 0.15) is 23.9 Å². The Morgan fingerprint density at radius 3 is 2.59 bits per heavy atom. The van der Waals surface area contributed by atoms with Crippen LogP contribution in [-0.4, -0.2) is 26.4 Å². The Morgan fingerprint density at radius 2 is 1.81 bits per heavy atom. The number of fused-ring (bicyclic) bond motifs is 1. The molecule has 1 heterocycles. The zero-order valence-corrected chi connectivity index (χ0v) is 19.3. The highest BCUT2D eigenvalue weighted by Crippen LogP contribution is 2.28. The summed E-state index contributed by atoms with van der Waals surface area (Å²) in [7, 11) is 0. The molecule has 0 aliphatic rings. The Hall–Kier alpha value is -3.32. The summed E-state index contributed by atoms with van der Waals surface area (Å²) in [5.74, 6) is 1.76. The van der Waals surface area contributed by atoms with E-state index in [1.54, 1.807) is 0 Å². The van der Waals surface area contributed by atoms with Crippen LogP contribution in [0.15, 0.2) is 65.8 Å². The van der Waals surface area contributed by atoms with E-state index in [4.69, 9.17) is 4.74 Å². The van der Waals surface area contributed by atoms with Crippen LogP contribution in [0.25, 0.3) is 10.8 Å². The van der Waals surface area contributed by atoms with Gasteiger partial charge in [-0.15, -0.1) is 10.2 Å². The molecule has 32 heavy (non-hydrogen) atoms. The second-order valence-corrected chi connectivity index (χ2v) is 8.49. The quantitative estimate of drug-likeness (QED) is 0.368. The van der Waals surface area contributed by atoms with E-state index >= 15 is 0 Å². The zero-order chi connectivity index (χ0) is 22.5. The molecule has 4 rings (SSSR count). The predicted octanol–water partition coefficient (Wildman–Crippen LogP) is 5.38. The van der Waals surface area contributed by atoms with Gasteiger partial charge in [0.2, 0.25) is 5.91 Å². The molecule has 0 saturated heterocycles. The van der Waals surface area contributed by atoms with Gasteiger partial charge in [0.15, 0.2) is 11.0 Å². The number of hydrogen-bond acceptors (Lipinski definition) is 5. The Labute approximate surface area is 192 Å². The SMILES string of the molecule is CCn1c(COc2ccc3ccccc3c2C)nnc1SCC(=O)Nc1ccc(C)cc1. The molecule has 0 radical (unpaired) electrons. The summed E-state index contributed by atoms with van der Waals surface area (Å²) in [6, 6.07) is 20.1. The molecule has 6 nitrogen and oxygen atoms in total. The molecule has 0 atom stereocenters. The van der Waals surface area contributed by atoms with E-state index in [0.717, 1.165) is 28.4 Å². The molecule has 0 unspecified atom stereocenters. The Morgan fingerprint density at radius 1 is 1.03 bits per heavy atom. The lowest BCUT2D eigenvalue weighted by molar-refractivity contribution is -0.113. The molecule has 164 valence electrons. The van der Waals surface area contributed by atoms with Crippen LogP contribution >= 0.6 is 11.8 Å². The maximum atomic E-state index is 12.3. The number of amides is 1. The van der Waals surface area contributed by atoms with E-state index < -0.39 is 0 Å². The Balaban J connectivity index is 1.39. The number of ether oxygens (including phenoxy) is 1. The fourth-order valence-corrected chi connectivity index (χ4v) is 4.34. The highest BCUT2D eigenvalue weighted by molar-refractivity contribution is 7.99. The molecular formula is C25H26N4O2S. The first kappa shape index (κ1) is 21.9. The van der Waals surface area contributed by atoms with Crippen molar-refractivity contribution >= 4 is 34.1 Å². The number of aryl methyl sites for hydroxylation is 2. The van der Waals surface area contributed by atoms with Gasteiger partial charge in [-0.3, -0.25) is 4.79 Å². The lowest BCUT2D eigenvalue weighted by atomic mass is 10.0. The number of carbonyl (C=O) groups is 1. The maximum absolute atomic E-state index is 12.3. The van der Waals surface area contributed by atoms with Crippen molar-refractivity contribution in [2.75, 3.05) is 11.1 Å². The second-order valence-electron chi connectivity index (χ2n) is 7.54. The largest absolute Gasteiger partial charge is 0.485 e. The summed E-state index contributed by atoms with van der Waals surface area (Å²) in [6.07, 6.45) is 0. The van der Waals surface area contributed by atoms with Gasteiger partial charge in [0.1, 0.15) is 12.4 Å². The van der Waals surface area contributed by atoms with Crippen molar-refractivity contribution in [3.05, 3.63) is 77.6 Å². The van der Waals surface area contributed by atoms with Gasteiger partial charge in [-0.25, -0.2) is 0 Å². The molecule has 0 bridgehead atoms. The van der Waals surface area contributed by atoms with Crippen LogP contribution in [0.3, 0.4) is 0 Å². The van der Waals surface area contributed by atoms with E-state index in [1.807, 2.05) is 60.9 Å². The van der Waals surface area contributed by atoms with Crippen molar-refractivity contribution < 1.29 is 9.53 Å². The van der Waals surface area contributed by atoms with Gasteiger partial charge >= 0.3 is 0 Å². The molecule has 3 aromatic carbocycles. The molecule has 1 amide bonds. The number of aromatic nitrogens is 3. The van der Waals surface area contributed by atoms with Crippen molar-refractivity contribution in [3.8, 4) is 5.75 Å².